The van der Waals surface area contributed by atoms with Gasteiger partial charge in [-0.3, -0.25) is 0 Å². The molecule has 1 atom stereocenters. The van der Waals surface area contributed by atoms with E-state index in [-0.39, 0.29) is 5.25 Å². The summed E-state index contributed by atoms with van der Waals surface area (Å²) < 4.78 is 11.6. The van der Waals surface area contributed by atoms with Crippen LogP contribution in [0.5, 0.6) is 5.75 Å². The molecule has 0 saturated carbocycles. The van der Waals surface area contributed by atoms with Crippen molar-refractivity contribution in [2.24, 2.45) is 0 Å². The van der Waals surface area contributed by atoms with Crippen LogP contribution in [0.25, 0.3) is 0 Å². The molecule has 0 aromatic heterocycles. The molecule has 0 fully saturated rings. The Morgan fingerprint density at radius 3 is 2.00 bits per heavy atom. The largest absolute Gasteiger partial charge is 0.507 e. The Labute approximate surface area is 150 Å². The molecular weight excluding hydrogens is 339 g/mol. The Balaban J connectivity index is 2.40. The van der Waals surface area contributed by atoms with Crippen molar-refractivity contribution in [1.29, 1.82) is 0 Å². The van der Waals surface area contributed by atoms with Crippen molar-refractivity contribution in [1.82, 2.24) is 0 Å². The second kappa shape index (κ2) is 9.43. The normalized spacial score (nSPS) is 12.5. The van der Waals surface area contributed by atoms with Crippen LogP contribution in [0.4, 0.5) is 0 Å². The van der Waals surface area contributed by atoms with E-state index in [9.17, 15) is 5.11 Å². The van der Waals surface area contributed by atoms with Gasteiger partial charge in [-0.2, -0.15) is 0 Å². The second-order valence-electron chi connectivity index (χ2n) is 5.46. The highest BCUT2D eigenvalue weighted by molar-refractivity contribution is 8.53. The Hall–Kier alpha value is -1.06. The van der Waals surface area contributed by atoms with E-state index in [1.807, 2.05) is 45.9 Å². The van der Waals surface area contributed by atoms with Crippen molar-refractivity contribution in [3.8, 4) is 5.75 Å². The minimum atomic E-state index is -1.02. The number of phenols is 1. The third kappa shape index (κ3) is 4.97. The molecule has 2 rings (SSSR count). The number of phenolic OH excluding ortho intramolecular Hbond substituents is 1. The summed E-state index contributed by atoms with van der Waals surface area (Å²) in [5.41, 5.74) is 4.15. The molecule has 0 radical (unpaired) electrons. The topological polar surface area (TPSA) is 38.7 Å². The highest BCUT2D eigenvalue weighted by Gasteiger charge is 2.23. The Morgan fingerprint density at radius 1 is 0.958 bits per heavy atom. The summed E-state index contributed by atoms with van der Waals surface area (Å²) in [6.45, 7) is 9.11. The molecule has 130 valence electrons. The van der Waals surface area contributed by atoms with Crippen LogP contribution in [0.15, 0.2) is 42.5 Å². The quantitative estimate of drug-likeness (QED) is 0.572. The van der Waals surface area contributed by atoms with Gasteiger partial charge in [0.15, 0.2) is 0 Å². The standard InChI is InChI=1S/C19H25O3PS/c1-5-21-23(22-6-2)24-19(16-10-8-7-9-11-16)17-12-14(3)18(20)15(4)13-17/h7-13,19-20H,5-6H2,1-4H3. The number of aryl methyl sites for hydroxylation is 2. The zero-order chi connectivity index (χ0) is 17.5. The lowest BCUT2D eigenvalue weighted by Gasteiger charge is -2.23. The van der Waals surface area contributed by atoms with Gasteiger partial charge in [0.05, 0.1) is 18.5 Å². The number of aromatic hydroxyl groups is 1. The van der Waals surface area contributed by atoms with E-state index in [0.717, 1.165) is 16.7 Å². The van der Waals surface area contributed by atoms with E-state index in [0.29, 0.717) is 19.0 Å². The van der Waals surface area contributed by atoms with Crippen LogP contribution >= 0.6 is 19.0 Å². The SMILES string of the molecule is CCOP(OCC)SC(c1ccccc1)c1cc(C)c(O)c(C)c1. The molecule has 0 bridgehead atoms. The van der Waals surface area contributed by atoms with Gasteiger partial charge >= 0.3 is 0 Å². The molecule has 1 N–H and O–H groups in total. The zero-order valence-electron chi connectivity index (χ0n) is 14.7. The summed E-state index contributed by atoms with van der Waals surface area (Å²) >= 11 is 1.71. The van der Waals surface area contributed by atoms with Crippen LogP contribution in [0, 0.1) is 13.8 Å². The Kier molecular flexibility index (Phi) is 7.57. The lowest BCUT2D eigenvalue weighted by atomic mass is 9.99. The van der Waals surface area contributed by atoms with Gasteiger partial charge in [0.25, 0.3) is 0 Å². The average Bonchev–Trinajstić information content (AvgIpc) is 2.58. The molecule has 1 unspecified atom stereocenters. The maximum absolute atomic E-state index is 10.1. The minimum absolute atomic E-state index is 0.105. The smallest absolute Gasteiger partial charge is 0.238 e. The first-order valence-electron chi connectivity index (χ1n) is 8.14. The molecular formula is C19H25O3PS. The first kappa shape index (κ1) is 19.3. The summed E-state index contributed by atoms with van der Waals surface area (Å²) in [6.07, 6.45) is 0. The van der Waals surface area contributed by atoms with Crippen molar-refractivity contribution in [3.05, 3.63) is 64.7 Å². The van der Waals surface area contributed by atoms with Crippen LogP contribution in [0.1, 0.15) is 41.4 Å². The van der Waals surface area contributed by atoms with Gasteiger partial charge in [0, 0.05) is 0 Å². The summed E-state index contributed by atoms with van der Waals surface area (Å²) in [6, 6.07) is 14.5. The molecule has 2 aromatic rings. The van der Waals surface area contributed by atoms with E-state index in [1.54, 1.807) is 11.4 Å². The number of benzene rings is 2. The molecule has 0 spiro atoms. The molecule has 2 aromatic carbocycles. The molecule has 0 aliphatic heterocycles. The van der Waals surface area contributed by atoms with Gasteiger partial charge in [-0.15, -0.1) is 0 Å². The number of hydrogen-bond acceptors (Lipinski definition) is 4. The van der Waals surface area contributed by atoms with Crippen molar-refractivity contribution in [2.75, 3.05) is 13.2 Å². The predicted molar refractivity (Wildman–Crippen MR) is 104 cm³/mol. The van der Waals surface area contributed by atoms with Crippen molar-refractivity contribution in [2.45, 2.75) is 32.9 Å². The fourth-order valence-corrected chi connectivity index (χ4v) is 6.05. The van der Waals surface area contributed by atoms with Crippen LogP contribution in [-0.2, 0) is 9.05 Å². The summed E-state index contributed by atoms with van der Waals surface area (Å²) in [5.74, 6) is 0.368. The second-order valence-corrected chi connectivity index (χ2v) is 8.63. The number of hydrogen-bond donors (Lipinski definition) is 1. The van der Waals surface area contributed by atoms with E-state index in [4.69, 9.17) is 9.05 Å². The van der Waals surface area contributed by atoms with Crippen LogP contribution in [-0.4, -0.2) is 18.3 Å². The maximum atomic E-state index is 10.1. The van der Waals surface area contributed by atoms with Crippen LogP contribution in [0.2, 0.25) is 0 Å². The van der Waals surface area contributed by atoms with Crippen molar-refractivity contribution in [3.63, 3.8) is 0 Å². The molecule has 0 aliphatic carbocycles. The predicted octanol–water partition coefficient (Wildman–Crippen LogP) is 6.13. The van der Waals surface area contributed by atoms with E-state index >= 15 is 0 Å². The highest BCUT2D eigenvalue weighted by atomic mass is 32.7. The van der Waals surface area contributed by atoms with Crippen molar-refractivity contribution < 1.29 is 14.2 Å². The molecule has 0 aliphatic rings. The van der Waals surface area contributed by atoms with E-state index in [1.165, 1.54) is 5.56 Å². The van der Waals surface area contributed by atoms with E-state index < -0.39 is 7.58 Å². The molecule has 24 heavy (non-hydrogen) atoms. The van der Waals surface area contributed by atoms with Gasteiger partial charge in [-0.1, -0.05) is 53.8 Å². The van der Waals surface area contributed by atoms with Crippen molar-refractivity contribution >= 4 is 19.0 Å². The molecule has 0 heterocycles. The summed E-state index contributed by atoms with van der Waals surface area (Å²) in [7, 11) is -1.02. The van der Waals surface area contributed by atoms with Gasteiger partial charge < -0.3 is 14.2 Å². The highest BCUT2D eigenvalue weighted by Crippen LogP contribution is 2.60. The molecule has 0 saturated heterocycles. The number of rotatable bonds is 8. The summed E-state index contributed by atoms with van der Waals surface area (Å²) in [4.78, 5) is 0. The first-order chi connectivity index (χ1) is 11.6. The van der Waals surface area contributed by atoms with Crippen LogP contribution in [0.3, 0.4) is 0 Å². The monoisotopic (exact) mass is 364 g/mol. The molecule has 3 nitrogen and oxygen atoms in total. The molecule has 5 heteroatoms. The van der Waals surface area contributed by atoms with Gasteiger partial charge in [-0.25, -0.2) is 0 Å². The average molecular weight is 364 g/mol. The fraction of sp³-hybridized carbons (Fsp3) is 0.368. The Bertz CT molecular complexity index is 619. The van der Waals surface area contributed by atoms with Gasteiger partial charge in [0.2, 0.25) is 7.58 Å². The lowest BCUT2D eigenvalue weighted by Crippen LogP contribution is -2.00. The Morgan fingerprint density at radius 2 is 1.50 bits per heavy atom. The minimum Gasteiger partial charge on any atom is -0.507 e. The lowest BCUT2D eigenvalue weighted by molar-refractivity contribution is 0.283. The fourth-order valence-electron chi connectivity index (χ4n) is 2.48. The van der Waals surface area contributed by atoms with Gasteiger partial charge in [0.1, 0.15) is 5.75 Å². The van der Waals surface area contributed by atoms with Crippen LogP contribution < -0.4 is 0 Å². The third-order valence-corrected chi connectivity index (χ3v) is 7.23. The third-order valence-electron chi connectivity index (χ3n) is 3.58. The molecule has 0 amide bonds. The first-order valence-corrected chi connectivity index (χ1v) is 10.8. The maximum Gasteiger partial charge on any atom is 0.238 e. The zero-order valence-corrected chi connectivity index (χ0v) is 16.4. The van der Waals surface area contributed by atoms with Gasteiger partial charge in [-0.05, 0) is 49.9 Å². The summed E-state index contributed by atoms with van der Waals surface area (Å²) in [5, 5.41) is 10.2. The van der Waals surface area contributed by atoms with E-state index in [2.05, 4.69) is 24.3 Å².